The highest BCUT2D eigenvalue weighted by Gasteiger charge is 2.39. The van der Waals surface area contributed by atoms with E-state index in [0.29, 0.717) is 37.4 Å². The van der Waals surface area contributed by atoms with Gasteiger partial charge in [-0.1, -0.05) is 57.2 Å². The van der Waals surface area contributed by atoms with Crippen molar-refractivity contribution in [2.45, 2.75) is 52.1 Å². The van der Waals surface area contributed by atoms with Gasteiger partial charge in [-0.25, -0.2) is 9.59 Å². The number of urea groups is 1. The average molecular weight is 565 g/mol. The average Bonchev–Trinajstić information content (AvgIpc) is 3.45. The number of piperazine rings is 1. The van der Waals surface area contributed by atoms with Gasteiger partial charge in [-0.2, -0.15) is 0 Å². The Morgan fingerprint density at radius 2 is 1.90 bits per heavy atom. The molecular weight excluding hydrogens is 524 g/mol. The number of hydrogen-bond donors (Lipinski definition) is 1. The summed E-state index contributed by atoms with van der Waals surface area (Å²) in [5.41, 5.74) is 3.00. The van der Waals surface area contributed by atoms with Crippen LogP contribution in [0.5, 0.6) is 0 Å². The lowest BCUT2D eigenvalue weighted by Crippen LogP contribution is -2.56. The molecule has 0 spiro atoms. The Kier molecular flexibility index (Phi) is 9.15. The van der Waals surface area contributed by atoms with Crippen LogP contribution >= 0.6 is 11.3 Å². The molecule has 2 aliphatic heterocycles. The van der Waals surface area contributed by atoms with E-state index in [1.165, 1.54) is 11.3 Å². The second kappa shape index (κ2) is 12.4. The Morgan fingerprint density at radius 3 is 2.48 bits per heavy atom. The van der Waals surface area contributed by atoms with Gasteiger partial charge in [-0.05, 0) is 41.8 Å². The van der Waals surface area contributed by atoms with Crippen molar-refractivity contribution in [3.63, 3.8) is 0 Å². The van der Waals surface area contributed by atoms with Crippen LogP contribution in [-0.4, -0.2) is 78.0 Å². The van der Waals surface area contributed by atoms with E-state index in [2.05, 4.69) is 37.6 Å². The topological polar surface area (TPSA) is 82.2 Å². The van der Waals surface area contributed by atoms with Crippen LogP contribution in [0.15, 0.2) is 65.7 Å². The third kappa shape index (κ3) is 6.31. The molecule has 0 aliphatic carbocycles. The zero-order valence-corrected chi connectivity index (χ0v) is 24.9. The fraction of sp³-hybridized carbons (Fsp3) is 0.452. The Hall–Kier alpha value is -3.43. The highest BCUT2D eigenvalue weighted by atomic mass is 32.1. The number of nitrogens with one attached hydrogen (secondary N) is 1. The van der Waals surface area contributed by atoms with Crippen molar-refractivity contribution in [2.24, 2.45) is 0 Å². The summed E-state index contributed by atoms with van der Waals surface area (Å²) in [6.07, 6.45) is 1.65. The summed E-state index contributed by atoms with van der Waals surface area (Å²) in [7, 11) is 0. The van der Waals surface area contributed by atoms with Gasteiger partial charge in [0.25, 0.3) is 5.91 Å². The molecule has 40 heavy (non-hydrogen) atoms. The number of carbonyl (C=O) groups is 3. The molecule has 1 fully saturated rings. The van der Waals surface area contributed by atoms with Crippen LogP contribution in [0, 0.1) is 0 Å². The van der Waals surface area contributed by atoms with E-state index in [9.17, 15) is 14.4 Å². The number of amides is 3. The molecule has 2 unspecified atom stereocenters. The van der Waals surface area contributed by atoms with Gasteiger partial charge in [0.15, 0.2) is 0 Å². The maximum absolute atomic E-state index is 13.5. The molecule has 1 aromatic carbocycles. The number of rotatable bonds is 8. The van der Waals surface area contributed by atoms with Crippen LogP contribution in [-0.2, 0) is 14.9 Å². The Bertz CT molecular complexity index is 1260. The lowest BCUT2D eigenvalue weighted by Gasteiger charge is -2.42. The number of esters is 1. The highest BCUT2D eigenvalue weighted by Crippen LogP contribution is 2.34. The van der Waals surface area contributed by atoms with Gasteiger partial charge < -0.3 is 15.0 Å². The molecule has 214 valence electrons. The van der Waals surface area contributed by atoms with Crippen LogP contribution < -0.4 is 5.32 Å². The summed E-state index contributed by atoms with van der Waals surface area (Å²) >= 11 is 1.45. The fourth-order valence-electron chi connectivity index (χ4n) is 5.30. The van der Waals surface area contributed by atoms with Crippen molar-refractivity contribution in [1.82, 2.24) is 20.0 Å². The summed E-state index contributed by atoms with van der Waals surface area (Å²) in [6, 6.07) is 10.8. The zero-order chi connectivity index (χ0) is 29.0. The molecule has 2 atom stereocenters. The molecule has 2 aliphatic rings. The maximum atomic E-state index is 13.5. The number of thiophene rings is 1. The maximum Gasteiger partial charge on any atom is 0.338 e. The smallest absolute Gasteiger partial charge is 0.338 e. The van der Waals surface area contributed by atoms with E-state index in [1.807, 2.05) is 53.6 Å². The minimum Gasteiger partial charge on any atom is -0.463 e. The molecule has 9 heteroatoms. The molecule has 3 amide bonds. The summed E-state index contributed by atoms with van der Waals surface area (Å²) in [5, 5.41) is 4.95. The SMILES string of the molecule is C=CCN1C(=O)NC(c2ccc(C(C)(C)C)cc2)C(C(=O)OCC)=C1CN1CCN(C(=O)c2cccs2)C(C)C1. The molecule has 1 N–H and O–H groups in total. The first-order valence-corrected chi connectivity index (χ1v) is 14.7. The summed E-state index contributed by atoms with van der Waals surface area (Å²) in [5.74, 6) is -0.409. The highest BCUT2D eigenvalue weighted by molar-refractivity contribution is 7.12. The number of carbonyl (C=O) groups excluding carboxylic acids is 3. The lowest BCUT2D eigenvalue weighted by atomic mass is 9.85. The molecule has 1 saturated heterocycles. The molecule has 0 saturated carbocycles. The first-order chi connectivity index (χ1) is 19.0. The molecule has 8 nitrogen and oxygen atoms in total. The predicted octanol–water partition coefficient (Wildman–Crippen LogP) is 4.96. The van der Waals surface area contributed by atoms with Gasteiger partial charge in [0.1, 0.15) is 0 Å². The molecule has 1 aromatic heterocycles. The first-order valence-electron chi connectivity index (χ1n) is 13.8. The summed E-state index contributed by atoms with van der Waals surface area (Å²) < 4.78 is 5.53. The minimum absolute atomic E-state index is 0.0240. The van der Waals surface area contributed by atoms with Crippen molar-refractivity contribution in [3.8, 4) is 0 Å². The minimum atomic E-state index is -0.643. The van der Waals surface area contributed by atoms with E-state index in [1.54, 1.807) is 17.9 Å². The molecule has 4 rings (SSSR count). The van der Waals surface area contributed by atoms with Crippen LogP contribution in [0.25, 0.3) is 0 Å². The van der Waals surface area contributed by atoms with Crippen LogP contribution in [0.2, 0.25) is 0 Å². The van der Waals surface area contributed by atoms with Gasteiger partial charge in [0.05, 0.1) is 23.1 Å². The first kappa shape index (κ1) is 29.6. The van der Waals surface area contributed by atoms with Gasteiger partial charge in [0, 0.05) is 44.5 Å². The predicted molar refractivity (Wildman–Crippen MR) is 158 cm³/mol. The lowest BCUT2D eigenvalue weighted by molar-refractivity contribution is -0.139. The summed E-state index contributed by atoms with van der Waals surface area (Å²) in [6.45, 7) is 16.7. The van der Waals surface area contributed by atoms with Gasteiger partial charge in [0.2, 0.25) is 0 Å². The van der Waals surface area contributed by atoms with Crippen LogP contribution in [0.3, 0.4) is 0 Å². The molecule has 0 radical (unpaired) electrons. The second-order valence-corrected chi connectivity index (χ2v) is 12.2. The van der Waals surface area contributed by atoms with E-state index in [0.717, 1.165) is 16.0 Å². The number of benzene rings is 1. The van der Waals surface area contributed by atoms with Crippen molar-refractivity contribution < 1.29 is 19.1 Å². The monoisotopic (exact) mass is 564 g/mol. The van der Waals surface area contributed by atoms with Gasteiger partial charge >= 0.3 is 12.0 Å². The van der Waals surface area contributed by atoms with Crippen LogP contribution in [0.4, 0.5) is 4.79 Å². The van der Waals surface area contributed by atoms with Crippen LogP contribution in [0.1, 0.15) is 61.5 Å². The Balaban J connectivity index is 1.68. The zero-order valence-electron chi connectivity index (χ0n) is 24.1. The van der Waals surface area contributed by atoms with E-state index in [4.69, 9.17) is 4.74 Å². The number of ether oxygens (including phenoxy) is 1. The third-order valence-electron chi connectivity index (χ3n) is 7.43. The third-order valence-corrected chi connectivity index (χ3v) is 8.29. The fourth-order valence-corrected chi connectivity index (χ4v) is 5.98. The van der Waals surface area contributed by atoms with E-state index in [-0.39, 0.29) is 36.5 Å². The standard InChI is InChI=1S/C31H40N4O4S/c1-7-15-35-24(20-33-16-17-34(21(3)19-33)28(36)25-10-9-18-40-25)26(29(37)39-8-2)27(32-30(35)38)22-11-13-23(14-12-22)31(4,5)6/h7,9-14,18,21,27H,1,8,15-17,19-20H2,2-6H3,(H,32,38). The number of nitrogens with zero attached hydrogens (tertiary/aromatic N) is 3. The number of hydrogen-bond acceptors (Lipinski definition) is 6. The van der Waals surface area contributed by atoms with E-state index < -0.39 is 12.0 Å². The van der Waals surface area contributed by atoms with Gasteiger partial charge in [-0.15, -0.1) is 17.9 Å². The Labute approximate surface area is 241 Å². The van der Waals surface area contributed by atoms with Crippen molar-refractivity contribution in [3.05, 3.63) is 81.7 Å². The molecule has 3 heterocycles. The second-order valence-electron chi connectivity index (χ2n) is 11.3. The summed E-state index contributed by atoms with van der Waals surface area (Å²) in [4.78, 5) is 46.3. The van der Waals surface area contributed by atoms with Gasteiger partial charge in [-0.3, -0.25) is 14.6 Å². The normalized spacial score (nSPS) is 20.4. The molecule has 2 aromatic rings. The van der Waals surface area contributed by atoms with Crippen molar-refractivity contribution in [1.29, 1.82) is 0 Å². The van der Waals surface area contributed by atoms with Crippen molar-refractivity contribution in [2.75, 3.05) is 39.3 Å². The van der Waals surface area contributed by atoms with Crippen molar-refractivity contribution >= 4 is 29.2 Å². The molecular formula is C31H40N4O4S. The molecule has 0 bridgehead atoms. The Morgan fingerprint density at radius 1 is 1.18 bits per heavy atom. The largest absolute Gasteiger partial charge is 0.463 e. The van der Waals surface area contributed by atoms with E-state index >= 15 is 0 Å². The quantitative estimate of drug-likeness (QED) is 0.362.